The van der Waals surface area contributed by atoms with Crippen LogP contribution in [0, 0.1) is 0 Å². The number of sulfonamides is 3. The van der Waals surface area contributed by atoms with Gasteiger partial charge in [-0.1, -0.05) is 0 Å². The summed E-state index contributed by atoms with van der Waals surface area (Å²) in [6, 6.07) is 6.12. The van der Waals surface area contributed by atoms with Gasteiger partial charge in [-0.15, -0.1) is 0 Å². The van der Waals surface area contributed by atoms with Crippen LogP contribution in [0.4, 0.5) is 0 Å². The quantitative estimate of drug-likeness (QED) is 0.0319. The molecule has 0 unspecified atom stereocenters. The molecule has 4 aromatic carbocycles. The largest absolute Gasteiger partial charge is 0.324 e. The summed E-state index contributed by atoms with van der Waals surface area (Å²) in [5, 5.41) is -2.11. The highest BCUT2D eigenvalue weighted by molar-refractivity contribution is 7.94. The molecule has 2 aliphatic rings. The van der Waals surface area contributed by atoms with E-state index in [1.807, 2.05) is 9.44 Å². The maximum Gasteiger partial charge on any atom is 0.295 e. The molecule has 0 radical (unpaired) electrons. The Morgan fingerprint density at radius 3 is 1.05 bits per heavy atom. The Bertz CT molecular complexity index is 5930. The first-order valence-electron chi connectivity index (χ1n) is 24.6. The number of benzene rings is 4. The lowest BCUT2D eigenvalue weighted by molar-refractivity contribution is 0.477. The lowest BCUT2D eigenvalue weighted by Gasteiger charge is -2.11. The molecule has 5 heterocycles. The highest BCUT2D eigenvalue weighted by Gasteiger charge is 2.35. The van der Waals surface area contributed by atoms with Gasteiger partial charge in [0.15, 0.2) is 43.0 Å². The standard InChI is InChI=1S/C42H41N11O28S11/c1-82(54,55)29-14-23-25(16-31(29)89(72,73)44-6-11-86(64,65)66)39-48-36-22-13-20(88(70,71)43-5-10-85(61,62)63)3-4-21(22)35(46-36)47-41-28-19-34(92(79,80)81)32(90(74,75)45-7-12-87(67,68)69)17-26(28)40(52-41)53-42-27-18-33(91(76,77)78)30(83(56,57)8-2-9-84(58,59)60)15-24(27)38(51-42)49-37(23)50-39/h3-4,13-19,43-45H,2,5-12H2,1H3,(H,58,59,60)(H,61,62,63)(H,64,65,66)(H,67,68,69)(H,76,77,78)(H,79,80,81)(H2,46,47,48,49,50,51,52,53). The molecule has 8 bridgehead atoms. The predicted molar refractivity (Wildman–Crippen MR) is 317 cm³/mol. The predicted octanol–water partition coefficient (Wildman–Crippen LogP) is -1.68. The summed E-state index contributed by atoms with van der Waals surface area (Å²) in [6.45, 7) is -3.10. The molecule has 0 fully saturated rings. The number of nitrogens with one attached hydrogen (secondary N) is 5. The molecule has 0 aliphatic carbocycles. The van der Waals surface area contributed by atoms with Gasteiger partial charge in [-0.05, 0) is 61.0 Å². The van der Waals surface area contributed by atoms with Gasteiger partial charge in [-0.25, -0.2) is 86.2 Å². The molecule has 39 nitrogen and oxygen atoms in total. The third-order valence-electron chi connectivity index (χ3n) is 12.9. The van der Waals surface area contributed by atoms with Crippen LogP contribution >= 0.6 is 0 Å². The van der Waals surface area contributed by atoms with Crippen LogP contribution in [0.1, 0.15) is 6.42 Å². The van der Waals surface area contributed by atoms with Gasteiger partial charge in [-0.3, -0.25) is 27.3 Å². The van der Waals surface area contributed by atoms with Crippen LogP contribution < -0.4 is 14.2 Å². The van der Waals surface area contributed by atoms with Crippen LogP contribution in [0.3, 0.4) is 0 Å². The summed E-state index contributed by atoms with van der Waals surface area (Å²) in [5.41, 5.74) is -4.50. The van der Waals surface area contributed by atoms with Gasteiger partial charge in [0.05, 0.1) is 43.5 Å². The molecular weight excluding hydrogens is 1460 g/mol. The molecule has 92 heavy (non-hydrogen) atoms. The van der Waals surface area contributed by atoms with Crippen LogP contribution in [-0.2, 0) is 110 Å². The van der Waals surface area contributed by atoms with Crippen molar-refractivity contribution in [3.8, 4) is 45.6 Å². The normalized spacial score (nSPS) is 14.0. The van der Waals surface area contributed by atoms with Gasteiger partial charge in [0, 0.05) is 69.7 Å². The second kappa shape index (κ2) is 23.7. The highest BCUT2D eigenvalue weighted by atomic mass is 32.3. The van der Waals surface area contributed by atoms with Gasteiger partial charge in [0.1, 0.15) is 42.2 Å². The molecule has 2 aliphatic heterocycles. The molecule has 0 saturated carbocycles. The van der Waals surface area contributed by atoms with Crippen molar-refractivity contribution in [3.05, 3.63) is 54.6 Å². The summed E-state index contributed by atoms with van der Waals surface area (Å²) >= 11 is 0. The van der Waals surface area contributed by atoms with Crippen LogP contribution in [-0.4, -0.2) is 214 Å². The second-order valence-corrected chi connectivity index (χ2v) is 38.0. The van der Waals surface area contributed by atoms with Gasteiger partial charge < -0.3 is 9.97 Å². The Kier molecular flexibility index (Phi) is 17.9. The first-order valence-corrected chi connectivity index (χ1v) is 41.9. The molecule has 50 heteroatoms. The van der Waals surface area contributed by atoms with Crippen molar-refractivity contribution < 1.29 is 120 Å². The van der Waals surface area contributed by atoms with Gasteiger partial charge in [-0.2, -0.15) is 50.5 Å². The number of hydrogen-bond acceptors (Lipinski definition) is 28. The summed E-state index contributed by atoms with van der Waals surface area (Å²) in [5.74, 6) is -8.99. The van der Waals surface area contributed by atoms with Gasteiger partial charge >= 0.3 is 0 Å². The number of hydrogen-bond donors (Lipinski definition) is 11. The fourth-order valence-electron chi connectivity index (χ4n) is 9.01. The average molecular weight is 1500 g/mol. The lowest BCUT2D eigenvalue weighted by atomic mass is 10.1. The minimum atomic E-state index is -5.75. The number of H-pyrrole nitrogens is 2. The number of fused-ring (bicyclic) bond motifs is 20. The molecular formula is C42H41N11O28S11. The zero-order chi connectivity index (χ0) is 68.3. The average Bonchev–Trinajstić information content (AvgIpc) is 1.53. The maximum atomic E-state index is 14.1. The minimum absolute atomic E-state index is 0.232. The second-order valence-electron chi connectivity index (χ2n) is 19.6. The summed E-state index contributed by atoms with van der Waals surface area (Å²) in [4.78, 5) is 23.5. The van der Waals surface area contributed by atoms with Crippen molar-refractivity contribution in [1.29, 1.82) is 0 Å². The third-order valence-corrected chi connectivity index (χ3v) is 25.5. The Labute approximate surface area is 520 Å². The van der Waals surface area contributed by atoms with E-state index in [1.54, 1.807) is 4.72 Å². The zero-order valence-electron chi connectivity index (χ0n) is 45.4. The Morgan fingerprint density at radius 1 is 0.348 bits per heavy atom. The molecule has 0 spiro atoms. The van der Waals surface area contributed by atoms with Crippen LogP contribution in [0.15, 0.2) is 88.9 Å². The van der Waals surface area contributed by atoms with E-state index >= 15 is 0 Å². The minimum Gasteiger partial charge on any atom is -0.324 e. The van der Waals surface area contributed by atoms with Crippen molar-refractivity contribution in [2.45, 2.75) is 40.7 Å². The molecule has 11 N–H and O–H groups in total. The summed E-state index contributed by atoms with van der Waals surface area (Å²) < 4.78 is 348. The van der Waals surface area contributed by atoms with E-state index in [9.17, 15) is 120 Å². The molecule has 0 saturated heterocycles. The summed E-state index contributed by atoms with van der Waals surface area (Å²) in [6.07, 6.45) is -0.378. The Balaban J connectivity index is 1.49. The molecule has 3 aromatic heterocycles. The smallest absolute Gasteiger partial charge is 0.295 e. The van der Waals surface area contributed by atoms with E-state index in [0.29, 0.717) is 42.7 Å². The monoisotopic (exact) mass is 1500 g/mol. The van der Waals surface area contributed by atoms with Crippen molar-refractivity contribution in [1.82, 2.24) is 54.0 Å². The van der Waals surface area contributed by atoms with Crippen molar-refractivity contribution in [3.63, 3.8) is 0 Å². The van der Waals surface area contributed by atoms with Crippen LogP contribution in [0.25, 0.3) is 89.7 Å². The van der Waals surface area contributed by atoms with Gasteiger partial charge in [0.2, 0.25) is 30.1 Å². The van der Waals surface area contributed by atoms with E-state index in [-0.39, 0.29) is 11.1 Å². The molecule has 0 amide bonds. The van der Waals surface area contributed by atoms with Crippen LogP contribution in [0.2, 0.25) is 0 Å². The topological polar surface area (TPSA) is 642 Å². The molecule has 7 aromatic rings. The van der Waals surface area contributed by atoms with Crippen molar-refractivity contribution >= 4 is 155 Å². The highest BCUT2D eigenvalue weighted by Crippen LogP contribution is 2.42. The first-order chi connectivity index (χ1) is 41.9. The SMILES string of the molecule is CS(=O)(=O)c1cc2c3nc4nc(nc5[nH]c(nc6nc(nc([nH]3)c2cc1S(=O)(=O)NCCS(=O)(=O)O)-c1cc(S(=O)(=O)NCCS(=O)(=O)O)ccc1-6)c1cc(S(=O)(=O)O)c(S(=O)(=O)NCCS(=O)(=O)O)cc51)-c1cc(S(=O)(=O)O)c(S(=O)(=O)CCCS(=O)(=O)O)cc1-4. The molecule has 0 atom stereocenters. The van der Waals surface area contributed by atoms with Crippen molar-refractivity contribution in [2.75, 3.05) is 54.7 Å². The van der Waals surface area contributed by atoms with E-state index in [2.05, 4.69) is 39.9 Å². The van der Waals surface area contributed by atoms with E-state index in [0.717, 1.165) is 18.2 Å². The maximum absolute atomic E-state index is 14.1. The fourth-order valence-corrected chi connectivity index (χ4v) is 19.9. The number of aromatic nitrogens is 8. The fraction of sp³-hybridized carbons (Fsp3) is 0.238. The number of aromatic amines is 2. The first kappa shape index (κ1) is 69.7. The summed E-state index contributed by atoms with van der Waals surface area (Å²) in [7, 11) is -56.2. The van der Waals surface area contributed by atoms with E-state index in [4.69, 9.17) is 0 Å². The number of sulfone groups is 2. The van der Waals surface area contributed by atoms with E-state index in [1.165, 1.54) is 0 Å². The van der Waals surface area contributed by atoms with Gasteiger partial charge in [0.25, 0.3) is 60.7 Å². The van der Waals surface area contributed by atoms with Crippen LogP contribution in [0.5, 0.6) is 0 Å². The molecule has 498 valence electrons. The number of rotatable bonds is 23. The Hall–Kier alpha value is -6.67. The Morgan fingerprint density at radius 2 is 0.674 bits per heavy atom. The lowest BCUT2D eigenvalue weighted by Crippen LogP contribution is -2.30. The van der Waals surface area contributed by atoms with Crippen molar-refractivity contribution in [2.24, 2.45) is 0 Å². The third kappa shape index (κ3) is 15.3. The molecule has 9 rings (SSSR count). The zero-order valence-corrected chi connectivity index (χ0v) is 54.4. The van der Waals surface area contributed by atoms with E-state index < -0.39 is 278 Å². The number of nitrogens with zero attached hydrogens (tertiary/aromatic N) is 6.